The van der Waals surface area contributed by atoms with Crippen LogP contribution in [0.2, 0.25) is 0 Å². The highest BCUT2D eigenvalue weighted by molar-refractivity contribution is 5.76. The highest BCUT2D eigenvalue weighted by atomic mass is 16.1. The summed E-state index contributed by atoms with van der Waals surface area (Å²) in [6.07, 6.45) is 8.83. The molecule has 2 rings (SSSR count). The van der Waals surface area contributed by atoms with Gasteiger partial charge in [0.25, 0.3) is 0 Å². The SMILES string of the molecule is CC1CCC(NC(=O)CC2CCC(N)CC2)C(C)C1. The molecule has 0 bridgehead atoms. The molecular weight excluding hydrogens is 236 g/mol. The maximum absolute atomic E-state index is 12.1. The molecule has 110 valence electrons. The minimum atomic E-state index is 0.270. The summed E-state index contributed by atoms with van der Waals surface area (Å²) in [6.45, 7) is 4.60. The van der Waals surface area contributed by atoms with E-state index >= 15 is 0 Å². The molecule has 2 aliphatic rings. The standard InChI is InChI=1S/C16H30N2O/c1-11-3-8-15(12(2)9-11)18-16(19)10-13-4-6-14(17)7-5-13/h11-15H,3-10,17H2,1-2H3,(H,18,19). The van der Waals surface area contributed by atoms with Gasteiger partial charge in [-0.25, -0.2) is 0 Å². The molecular formula is C16H30N2O. The third-order valence-corrected chi connectivity index (χ3v) is 5.14. The fourth-order valence-electron chi connectivity index (χ4n) is 3.80. The lowest BCUT2D eigenvalue weighted by atomic mass is 9.79. The molecule has 0 aromatic carbocycles. The number of amides is 1. The second kappa shape index (κ2) is 6.74. The summed E-state index contributed by atoms with van der Waals surface area (Å²) >= 11 is 0. The van der Waals surface area contributed by atoms with E-state index in [-0.39, 0.29) is 5.91 Å². The predicted molar refractivity (Wildman–Crippen MR) is 78.7 cm³/mol. The fraction of sp³-hybridized carbons (Fsp3) is 0.938. The van der Waals surface area contributed by atoms with Crippen molar-refractivity contribution >= 4 is 5.91 Å². The van der Waals surface area contributed by atoms with Crippen LogP contribution in [-0.4, -0.2) is 18.0 Å². The van der Waals surface area contributed by atoms with E-state index in [1.165, 1.54) is 12.8 Å². The smallest absolute Gasteiger partial charge is 0.220 e. The number of hydrogen-bond donors (Lipinski definition) is 2. The lowest BCUT2D eigenvalue weighted by Crippen LogP contribution is -2.43. The molecule has 2 saturated carbocycles. The summed E-state index contributed by atoms with van der Waals surface area (Å²) in [5.41, 5.74) is 5.91. The molecule has 0 aromatic heterocycles. The van der Waals surface area contributed by atoms with Gasteiger partial charge in [0.15, 0.2) is 0 Å². The van der Waals surface area contributed by atoms with Gasteiger partial charge in [0.1, 0.15) is 0 Å². The van der Waals surface area contributed by atoms with Crippen molar-refractivity contribution in [2.75, 3.05) is 0 Å². The normalized spacial score (nSPS) is 39.8. The van der Waals surface area contributed by atoms with Crippen molar-refractivity contribution in [1.29, 1.82) is 0 Å². The average molecular weight is 266 g/mol. The highest BCUT2D eigenvalue weighted by Crippen LogP contribution is 2.29. The number of carbonyl (C=O) groups excluding carboxylic acids is 1. The van der Waals surface area contributed by atoms with Gasteiger partial charge in [-0.1, -0.05) is 13.8 Å². The number of hydrogen-bond acceptors (Lipinski definition) is 2. The van der Waals surface area contributed by atoms with Crippen LogP contribution in [0.3, 0.4) is 0 Å². The zero-order chi connectivity index (χ0) is 13.8. The summed E-state index contributed by atoms with van der Waals surface area (Å²) in [4.78, 5) is 12.1. The first-order valence-corrected chi connectivity index (χ1v) is 8.09. The molecule has 1 amide bonds. The lowest BCUT2D eigenvalue weighted by molar-refractivity contribution is -0.123. The first kappa shape index (κ1) is 14.8. The van der Waals surface area contributed by atoms with E-state index in [9.17, 15) is 4.79 Å². The van der Waals surface area contributed by atoms with Crippen molar-refractivity contribution in [1.82, 2.24) is 5.32 Å². The predicted octanol–water partition coefficient (Wildman–Crippen LogP) is 2.83. The average Bonchev–Trinajstić information content (AvgIpc) is 2.36. The van der Waals surface area contributed by atoms with Gasteiger partial charge < -0.3 is 11.1 Å². The molecule has 0 aliphatic heterocycles. The van der Waals surface area contributed by atoms with Crippen LogP contribution in [0.25, 0.3) is 0 Å². The van der Waals surface area contributed by atoms with Gasteiger partial charge in [0, 0.05) is 18.5 Å². The molecule has 0 aromatic rings. The van der Waals surface area contributed by atoms with Crippen molar-refractivity contribution in [3.63, 3.8) is 0 Å². The topological polar surface area (TPSA) is 55.1 Å². The number of nitrogens with two attached hydrogens (primary N) is 1. The minimum absolute atomic E-state index is 0.270. The van der Waals surface area contributed by atoms with E-state index in [1.807, 2.05) is 0 Å². The molecule has 2 fully saturated rings. The van der Waals surface area contributed by atoms with Gasteiger partial charge in [0.05, 0.1) is 0 Å². The van der Waals surface area contributed by atoms with E-state index < -0.39 is 0 Å². The van der Waals surface area contributed by atoms with Crippen LogP contribution in [0.15, 0.2) is 0 Å². The molecule has 3 heteroatoms. The summed E-state index contributed by atoms with van der Waals surface area (Å²) < 4.78 is 0. The maximum atomic E-state index is 12.1. The van der Waals surface area contributed by atoms with Gasteiger partial charge in [0.2, 0.25) is 5.91 Å². The second-order valence-corrected chi connectivity index (χ2v) is 7.05. The Morgan fingerprint density at radius 3 is 2.42 bits per heavy atom. The molecule has 2 aliphatic carbocycles. The van der Waals surface area contributed by atoms with Crippen molar-refractivity contribution in [2.24, 2.45) is 23.5 Å². The fourth-order valence-corrected chi connectivity index (χ4v) is 3.80. The van der Waals surface area contributed by atoms with Gasteiger partial charge in [-0.2, -0.15) is 0 Å². The second-order valence-electron chi connectivity index (χ2n) is 7.05. The molecule has 0 spiro atoms. The Balaban J connectivity index is 1.72. The Kier molecular flexibility index (Phi) is 5.26. The van der Waals surface area contributed by atoms with Crippen LogP contribution >= 0.6 is 0 Å². The zero-order valence-corrected chi connectivity index (χ0v) is 12.5. The number of carbonyl (C=O) groups is 1. The van der Waals surface area contributed by atoms with Crippen LogP contribution in [0.5, 0.6) is 0 Å². The molecule has 19 heavy (non-hydrogen) atoms. The third-order valence-electron chi connectivity index (χ3n) is 5.14. The summed E-state index contributed by atoms with van der Waals surface area (Å²) in [5.74, 6) is 2.29. The summed E-state index contributed by atoms with van der Waals surface area (Å²) in [7, 11) is 0. The van der Waals surface area contributed by atoms with Crippen LogP contribution in [0.1, 0.15) is 65.2 Å². The summed E-state index contributed by atoms with van der Waals surface area (Å²) in [5, 5.41) is 3.28. The monoisotopic (exact) mass is 266 g/mol. The van der Waals surface area contributed by atoms with Crippen molar-refractivity contribution < 1.29 is 4.79 Å². The largest absolute Gasteiger partial charge is 0.353 e. The maximum Gasteiger partial charge on any atom is 0.220 e. The van der Waals surface area contributed by atoms with Gasteiger partial charge in [-0.3, -0.25) is 4.79 Å². The van der Waals surface area contributed by atoms with Crippen molar-refractivity contribution in [3.05, 3.63) is 0 Å². The van der Waals surface area contributed by atoms with Crippen molar-refractivity contribution in [2.45, 2.75) is 77.3 Å². The van der Waals surface area contributed by atoms with E-state index in [4.69, 9.17) is 5.73 Å². The van der Waals surface area contributed by atoms with E-state index in [0.29, 0.717) is 30.3 Å². The Morgan fingerprint density at radius 2 is 1.79 bits per heavy atom. The van der Waals surface area contributed by atoms with E-state index in [2.05, 4.69) is 19.2 Å². The first-order valence-electron chi connectivity index (χ1n) is 8.09. The number of rotatable bonds is 3. The molecule has 3 N–H and O–H groups in total. The molecule has 3 unspecified atom stereocenters. The molecule has 0 heterocycles. The van der Waals surface area contributed by atoms with Crippen LogP contribution in [-0.2, 0) is 4.79 Å². The van der Waals surface area contributed by atoms with Gasteiger partial charge >= 0.3 is 0 Å². The van der Waals surface area contributed by atoms with Crippen LogP contribution in [0, 0.1) is 17.8 Å². The Bertz CT molecular complexity index is 297. The highest BCUT2D eigenvalue weighted by Gasteiger charge is 2.27. The van der Waals surface area contributed by atoms with Crippen LogP contribution < -0.4 is 11.1 Å². The van der Waals surface area contributed by atoms with E-state index in [1.54, 1.807) is 0 Å². The molecule has 3 nitrogen and oxygen atoms in total. The quantitative estimate of drug-likeness (QED) is 0.825. The van der Waals surface area contributed by atoms with Gasteiger partial charge in [-0.15, -0.1) is 0 Å². The lowest BCUT2D eigenvalue weighted by Gasteiger charge is -2.34. The zero-order valence-electron chi connectivity index (χ0n) is 12.5. The van der Waals surface area contributed by atoms with Crippen LogP contribution in [0.4, 0.5) is 0 Å². The third kappa shape index (κ3) is 4.48. The Labute approximate surface area is 117 Å². The molecule has 0 saturated heterocycles. The van der Waals surface area contributed by atoms with Crippen molar-refractivity contribution in [3.8, 4) is 0 Å². The Hall–Kier alpha value is -0.570. The van der Waals surface area contributed by atoms with E-state index in [0.717, 1.165) is 38.0 Å². The molecule has 3 atom stereocenters. The molecule has 0 radical (unpaired) electrons. The van der Waals surface area contributed by atoms with Gasteiger partial charge in [-0.05, 0) is 62.7 Å². The Morgan fingerprint density at radius 1 is 1.11 bits per heavy atom. The minimum Gasteiger partial charge on any atom is -0.353 e. The number of nitrogens with one attached hydrogen (secondary N) is 1. The first-order chi connectivity index (χ1) is 9.04. The summed E-state index contributed by atoms with van der Waals surface area (Å²) in [6, 6.07) is 0.786.